The van der Waals surface area contributed by atoms with E-state index in [2.05, 4.69) is 26.2 Å². The normalized spacial score (nSPS) is 11.5. The summed E-state index contributed by atoms with van der Waals surface area (Å²) in [4.78, 5) is 3.50. The monoisotopic (exact) mass is 348 g/mol. The van der Waals surface area contributed by atoms with E-state index in [-0.39, 0.29) is 5.82 Å². The van der Waals surface area contributed by atoms with Crippen LogP contribution in [0, 0.1) is 12.7 Å². The Hall–Kier alpha value is -1.63. The van der Waals surface area contributed by atoms with Gasteiger partial charge in [-0.25, -0.2) is 9.37 Å². The summed E-state index contributed by atoms with van der Waals surface area (Å²) in [6.07, 6.45) is -4.53. The average molecular weight is 349 g/mol. The van der Waals surface area contributed by atoms with E-state index < -0.39 is 17.7 Å². The van der Waals surface area contributed by atoms with Gasteiger partial charge < -0.3 is 5.32 Å². The van der Waals surface area contributed by atoms with Gasteiger partial charge in [0, 0.05) is 11.3 Å². The molecule has 20 heavy (non-hydrogen) atoms. The molecule has 0 fully saturated rings. The third kappa shape index (κ3) is 3.09. The van der Waals surface area contributed by atoms with Gasteiger partial charge in [0.05, 0.1) is 4.47 Å². The second-order valence-corrected chi connectivity index (χ2v) is 4.92. The summed E-state index contributed by atoms with van der Waals surface area (Å²) < 4.78 is 51.6. The fourth-order valence-corrected chi connectivity index (χ4v) is 1.88. The van der Waals surface area contributed by atoms with Crippen molar-refractivity contribution < 1.29 is 17.6 Å². The Balaban J connectivity index is 2.41. The second-order valence-electron chi connectivity index (χ2n) is 4.06. The summed E-state index contributed by atoms with van der Waals surface area (Å²) in [5.74, 6) is -0.466. The van der Waals surface area contributed by atoms with E-state index in [1.807, 2.05) is 0 Å². The molecule has 1 aromatic heterocycles. The average Bonchev–Trinajstić information content (AvgIpc) is 2.36. The van der Waals surface area contributed by atoms with E-state index in [1.165, 1.54) is 25.1 Å². The maximum absolute atomic E-state index is 13.4. The molecule has 106 valence electrons. The molecule has 0 saturated carbocycles. The Morgan fingerprint density at radius 1 is 1.15 bits per heavy atom. The fourth-order valence-electron chi connectivity index (χ4n) is 1.56. The minimum Gasteiger partial charge on any atom is -0.339 e. The number of alkyl halides is 3. The van der Waals surface area contributed by atoms with Crippen molar-refractivity contribution in [2.24, 2.45) is 0 Å². The maximum atomic E-state index is 13.4. The molecule has 1 N–H and O–H groups in total. The van der Waals surface area contributed by atoms with Gasteiger partial charge in [-0.2, -0.15) is 13.2 Å². The molecule has 0 aliphatic rings. The standard InChI is InChI=1S/C13H9BrF4N2/c1-7-9(15)3-2-4-10(7)19-12-8(14)5-6-11(20-12)13(16,17)18/h2-6H,1H3,(H,19,20). The van der Waals surface area contributed by atoms with Crippen LogP contribution in [0.2, 0.25) is 0 Å². The highest BCUT2D eigenvalue weighted by molar-refractivity contribution is 9.10. The molecule has 1 heterocycles. The number of halogens is 5. The number of hydrogen-bond donors (Lipinski definition) is 1. The Bertz CT molecular complexity index is 641. The first kappa shape index (κ1) is 14.8. The number of aromatic nitrogens is 1. The highest BCUT2D eigenvalue weighted by Gasteiger charge is 2.33. The van der Waals surface area contributed by atoms with Crippen molar-refractivity contribution in [3.63, 3.8) is 0 Å². The summed E-state index contributed by atoms with van der Waals surface area (Å²) in [6, 6.07) is 6.41. The molecule has 7 heteroatoms. The lowest BCUT2D eigenvalue weighted by Crippen LogP contribution is -2.09. The van der Waals surface area contributed by atoms with Crippen LogP contribution in [-0.4, -0.2) is 4.98 Å². The van der Waals surface area contributed by atoms with Gasteiger partial charge >= 0.3 is 6.18 Å². The third-order valence-electron chi connectivity index (χ3n) is 2.66. The highest BCUT2D eigenvalue weighted by atomic mass is 79.9. The van der Waals surface area contributed by atoms with Gasteiger partial charge in [-0.1, -0.05) is 6.07 Å². The summed E-state index contributed by atoms with van der Waals surface area (Å²) in [6.45, 7) is 1.53. The Kier molecular flexibility index (Phi) is 3.99. The van der Waals surface area contributed by atoms with Crippen molar-refractivity contribution >= 4 is 27.4 Å². The first-order valence-corrected chi connectivity index (χ1v) is 6.34. The van der Waals surface area contributed by atoms with Crippen LogP contribution >= 0.6 is 15.9 Å². The molecular weight excluding hydrogens is 340 g/mol. The van der Waals surface area contributed by atoms with Crippen molar-refractivity contribution in [3.05, 3.63) is 51.9 Å². The Morgan fingerprint density at radius 2 is 1.85 bits per heavy atom. The zero-order valence-electron chi connectivity index (χ0n) is 10.2. The van der Waals surface area contributed by atoms with Gasteiger partial charge in [0.2, 0.25) is 0 Å². The minimum absolute atomic E-state index is 0.0199. The summed E-state index contributed by atoms with van der Waals surface area (Å²) in [5.41, 5.74) is -0.353. The molecule has 0 spiro atoms. The van der Waals surface area contributed by atoms with Crippen LogP contribution in [0.4, 0.5) is 29.1 Å². The molecule has 2 nitrogen and oxygen atoms in total. The van der Waals surface area contributed by atoms with Gasteiger partial charge in [0.25, 0.3) is 0 Å². The van der Waals surface area contributed by atoms with Gasteiger partial charge in [-0.3, -0.25) is 0 Å². The number of nitrogens with one attached hydrogen (secondary N) is 1. The predicted octanol–water partition coefficient (Wildman–Crippen LogP) is 5.05. The van der Waals surface area contributed by atoms with Crippen molar-refractivity contribution in [2.45, 2.75) is 13.1 Å². The number of hydrogen-bond acceptors (Lipinski definition) is 2. The van der Waals surface area contributed by atoms with E-state index in [4.69, 9.17) is 0 Å². The molecule has 2 aromatic rings. The quantitative estimate of drug-likeness (QED) is 0.767. The lowest BCUT2D eigenvalue weighted by molar-refractivity contribution is -0.141. The fraction of sp³-hybridized carbons (Fsp3) is 0.154. The maximum Gasteiger partial charge on any atom is 0.433 e. The molecule has 0 unspecified atom stereocenters. The number of anilines is 2. The first-order valence-electron chi connectivity index (χ1n) is 5.55. The van der Waals surface area contributed by atoms with Crippen LogP contribution < -0.4 is 5.32 Å². The van der Waals surface area contributed by atoms with Crippen LogP contribution in [0.15, 0.2) is 34.8 Å². The molecule has 0 amide bonds. The first-order chi connectivity index (χ1) is 9.29. The molecule has 0 aliphatic heterocycles. The second kappa shape index (κ2) is 5.40. The molecule has 2 rings (SSSR count). The van der Waals surface area contributed by atoms with Gasteiger partial charge in [-0.15, -0.1) is 0 Å². The van der Waals surface area contributed by atoms with E-state index in [0.717, 1.165) is 6.07 Å². The lowest BCUT2D eigenvalue weighted by atomic mass is 10.2. The number of benzene rings is 1. The molecule has 0 saturated heterocycles. The summed E-state index contributed by atoms with van der Waals surface area (Å²) >= 11 is 3.11. The Labute approximate surface area is 121 Å². The van der Waals surface area contributed by atoms with Crippen molar-refractivity contribution in [3.8, 4) is 0 Å². The number of nitrogens with zero attached hydrogens (tertiary/aromatic N) is 1. The van der Waals surface area contributed by atoms with Crippen molar-refractivity contribution in [1.82, 2.24) is 4.98 Å². The molecule has 0 atom stereocenters. The van der Waals surface area contributed by atoms with Crippen molar-refractivity contribution in [1.29, 1.82) is 0 Å². The lowest BCUT2D eigenvalue weighted by Gasteiger charge is -2.13. The van der Waals surface area contributed by atoms with E-state index in [1.54, 1.807) is 6.07 Å². The third-order valence-corrected chi connectivity index (χ3v) is 3.30. The zero-order valence-corrected chi connectivity index (χ0v) is 11.8. The smallest absolute Gasteiger partial charge is 0.339 e. The van der Waals surface area contributed by atoms with Crippen LogP contribution in [0.1, 0.15) is 11.3 Å². The van der Waals surface area contributed by atoms with Gasteiger partial charge in [0.15, 0.2) is 0 Å². The van der Waals surface area contributed by atoms with Crippen LogP contribution in [0.3, 0.4) is 0 Å². The van der Waals surface area contributed by atoms with E-state index >= 15 is 0 Å². The highest BCUT2D eigenvalue weighted by Crippen LogP contribution is 2.32. The molecule has 0 bridgehead atoms. The predicted molar refractivity (Wildman–Crippen MR) is 71.4 cm³/mol. The van der Waals surface area contributed by atoms with Gasteiger partial charge in [0.1, 0.15) is 17.3 Å². The summed E-state index contributed by atoms with van der Waals surface area (Å²) in [5, 5.41) is 2.70. The summed E-state index contributed by atoms with van der Waals surface area (Å²) in [7, 11) is 0. The topological polar surface area (TPSA) is 24.9 Å². The van der Waals surface area contributed by atoms with Crippen molar-refractivity contribution in [2.75, 3.05) is 5.32 Å². The van der Waals surface area contributed by atoms with Gasteiger partial charge in [-0.05, 0) is 47.1 Å². The van der Waals surface area contributed by atoms with Crippen LogP contribution in [-0.2, 0) is 6.18 Å². The van der Waals surface area contributed by atoms with Crippen LogP contribution in [0.25, 0.3) is 0 Å². The van der Waals surface area contributed by atoms with E-state index in [0.29, 0.717) is 15.7 Å². The number of rotatable bonds is 2. The van der Waals surface area contributed by atoms with E-state index in [9.17, 15) is 17.6 Å². The molecule has 0 radical (unpaired) electrons. The zero-order chi connectivity index (χ0) is 14.9. The van der Waals surface area contributed by atoms with Crippen LogP contribution in [0.5, 0.6) is 0 Å². The molecule has 1 aromatic carbocycles. The number of pyridine rings is 1. The molecule has 0 aliphatic carbocycles. The largest absolute Gasteiger partial charge is 0.433 e. The SMILES string of the molecule is Cc1c(F)cccc1Nc1nc(C(F)(F)F)ccc1Br. The minimum atomic E-state index is -4.53. The Morgan fingerprint density at radius 3 is 2.50 bits per heavy atom. The molecular formula is C13H9BrF4N2.